The van der Waals surface area contributed by atoms with Gasteiger partial charge < -0.3 is 9.88 Å². The molecule has 0 bridgehead atoms. The summed E-state index contributed by atoms with van der Waals surface area (Å²) in [6.45, 7) is 5.48. The molecule has 0 aliphatic carbocycles. The molecule has 18 heavy (non-hydrogen) atoms. The number of hydrogen-bond donors (Lipinski definition) is 1. The van der Waals surface area contributed by atoms with Crippen molar-refractivity contribution in [2.75, 3.05) is 13.1 Å². The molecule has 0 fully saturated rings. The first kappa shape index (κ1) is 13.0. The second kappa shape index (κ2) is 5.44. The van der Waals surface area contributed by atoms with Gasteiger partial charge in [0.15, 0.2) is 0 Å². The number of amides is 1. The normalized spacial score (nSPS) is 10.8. The van der Waals surface area contributed by atoms with E-state index in [2.05, 4.69) is 4.98 Å². The first-order valence-corrected chi connectivity index (χ1v) is 6.56. The number of nitrogens with one attached hydrogen (secondary N) is 1. The molecule has 0 saturated carbocycles. The van der Waals surface area contributed by atoms with Crippen LogP contribution in [0.2, 0.25) is 5.02 Å². The monoisotopic (exact) mass is 264 g/mol. The van der Waals surface area contributed by atoms with Gasteiger partial charge >= 0.3 is 0 Å². The molecular formula is C14H17ClN2O. The van der Waals surface area contributed by atoms with Crippen LogP contribution in [0.5, 0.6) is 0 Å². The summed E-state index contributed by atoms with van der Waals surface area (Å²) in [6.07, 6.45) is 2.31. The molecule has 2 aromatic rings. The van der Waals surface area contributed by atoms with E-state index in [9.17, 15) is 4.79 Å². The van der Waals surface area contributed by atoms with Crippen molar-refractivity contribution < 1.29 is 4.79 Å². The summed E-state index contributed by atoms with van der Waals surface area (Å²) >= 11 is 5.99. The SMILES string of the molecule is CCN(CC)C(=O)Cc1c[nH]c2ccc(Cl)cc12. The Bertz CT molecular complexity index is 558. The van der Waals surface area contributed by atoms with Crippen molar-refractivity contribution in [3.8, 4) is 0 Å². The van der Waals surface area contributed by atoms with Crippen molar-refractivity contribution in [2.45, 2.75) is 20.3 Å². The number of carbonyl (C=O) groups is 1. The van der Waals surface area contributed by atoms with Crippen LogP contribution in [0.25, 0.3) is 10.9 Å². The minimum Gasteiger partial charge on any atom is -0.361 e. The topological polar surface area (TPSA) is 36.1 Å². The Kier molecular flexibility index (Phi) is 3.92. The maximum atomic E-state index is 12.1. The number of halogens is 1. The smallest absolute Gasteiger partial charge is 0.227 e. The van der Waals surface area contributed by atoms with E-state index < -0.39 is 0 Å². The van der Waals surface area contributed by atoms with Gasteiger partial charge in [-0.2, -0.15) is 0 Å². The number of likely N-dealkylation sites (N-methyl/N-ethyl adjacent to an activating group) is 1. The molecule has 1 aromatic carbocycles. The van der Waals surface area contributed by atoms with Crippen molar-refractivity contribution in [3.05, 3.63) is 35.0 Å². The lowest BCUT2D eigenvalue weighted by Gasteiger charge is -2.18. The molecule has 96 valence electrons. The maximum absolute atomic E-state index is 12.1. The molecule has 4 heteroatoms. The van der Waals surface area contributed by atoms with E-state index in [0.29, 0.717) is 11.4 Å². The molecule has 0 radical (unpaired) electrons. The van der Waals surface area contributed by atoms with E-state index >= 15 is 0 Å². The highest BCUT2D eigenvalue weighted by Crippen LogP contribution is 2.23. The molecule has 2 rings (SSSR count). The van der Waals surface area contributed by atoms with Gasteiger partial charge in [-0.1, -0.05) is 11.6 Å². The molecule has 0 spiro atoms. The van der Waals surface area contributed by atoms with E-state index in [4.69, 9.17) is 11.6 Å². The summed E-state index contributed by atoms with van der Waals surface area (Å²) < 4.78 is 0. The predicted molar refractivity (Wildman–Crippen MR) is 74.9 cm³/mol. The van der Waals surface area contributed by atoms with Gasteiger partial charge in [-0.15, -0.1) is 0 Å². The third kappa shape index (κ3) is 2.51. The van der Waals surface area contributed by atoms with Crippen LogP contribution in [0.1, 0.15) is 19.4 Å². The minimum atomic E-state index is 0.154. The van der Waals surface area contributed by atoms with Gasteiger partial charge in [-0.3, -0.25) is 4.79 Å². The fourth-order valence-electron chi connectivity index (χ4n) is 2.15. The molecule has 0 saturated heterocycles. The van der Waals surface area contributed by atoms with Gasteiger partial charge in [0.25, 0.3) is 0 Å². The van der Waals surface area contributed by atoms with Crippen molar-refractivity contribution in [1.82, 2.24) is 9.88 Å². The molecule has 0 unspecified atom stereocenters. The van der Waals surface area contributed by atoms with Crippen molar-refractivity contribution in [3.63, 3.8) is 0 Å². The summed E-state index contributed by atoms with van der Waals surface area (Å²) in [5.41, 5.74) is 2.02. The predicted octanol–water partition coefficient (Wildman–Crippen LogP) is 3.23. The number of benzene rings is 1. The van der Waals surface area contributed by atoms with E-state index in [1.165, 1.54) is 0 Å². The lowest BCUT2D eigenvalue weighted by molar-refractivity contribution is -0.130. The summed E-state index contributed by atoms with van der Waals surface area (Å²) in [4.78, 5) is 17.1. The van der Waals surface area contributed by atoms with Crippen molar-refractivity contribution in [2.24, 2.45) is 0 Å². The van der Waals surface area contributed by atoms with Crippen LogP contribution in [0.4, 0.5) is 0 Å². The van der Waals surface area contributed by atoms with Crippen LogP contribution >= 0.6 is 11.6 Å². The molecule has 3 nitrogen and oxygen atoms in total. The zero-order valence-corrected chi connectivity index (χ0v) is 11.4. The van der Waals surface area contributed by atoms with Gasteiger partial charge in [-0.05, 0) is 37.6 Å². The summed E-state index contributed by atoms with van der Waals surface area (Å²) in [7, 11) is 0. The third-order valence-corrected chi connectivity index (χ3v) is 3.42. The van der Waals surface area contributed by atoms with Crippen molar-refractivity contribution in [1.29, 1.82) is 0 Å². The molecule has 1 N–H and O–H groups in total. The first-order chi connectivity index (χ1) is 8.65. The lowest BCUT2D eigenvalue weighted by atomic mass is 10.1. The number of nitrogens with zero attached hydrogens (tertiary/aromatic N) is 1. The molecule has 1 aromatic heterocycles. The Morgan fingerprint density at radius 1 is 1.33 bits per heavy atom. The van der Waals surface area contributed by atoms with Crippen LogP contribution in [0.3, 0.4) is 0 Å². The summed E-state index contributed by atoms with van der Waals surface area (Å²) in [5, 5.41) is 1.72. The Morgan fingerprint density at radius 3 is 2.72 bits per heavy atom. The molecule has 0 aliphatic heterocycles. The van der Waals surface area contributed by atoms with Crippen LogP contribution < -0.4 is 0 Å². The highest BCUT2D eigenvalue weighted by Gasteiger charge is 2.13. The molecule has 1 amide bonds. The molecule has 0 atom stereocenters. The summed E-state index contributed by atoms with van der Waals surface area (Å²) in [5.74, 6) is 0.154. The van der Waals surface area contributed by atoms with Crippen LogP contribution in [0, 0.1) is 0 Å². The van der Waals surface area contributed by atoms with E-state index in [0.717, 1.165) is 29.6 Å². The maximum Gasteiger partial charge on any atom is 0.227 e. The number of aromatic amines is 1. The Hall–Kier alpha value is -1.48. The first-order valence-electron chi connectivity index (χ1n) is 6.19. The number of H-pyrrole nitrogens is 1. The van der Waals surface area contributed by atoms with Crippen LogP contribution in [0.15, 0.2) is 24.4 Å². The highest BCUT2D eigenvalue weighted by atomic mass is 35.5. The fourth-order valence-corrected chi connectivity index (χ4v) is 2.32. The number of fused-ring (bicyclic) bond motifs is 1. The van der Waals surface area contributed by atoms with Crippen LogP contribution in [-0.2, 0) is 11.2 Å². The second-order valence-corrected chi connectivity index (χ2v) is 4.68. The van der Waals surface area contributed by atoms with Gasteiger partial charge in [0, 0.05) is 35.2 Å². The fraction of sp³-hybridized carbons (Fsp3) is 0.357. The number of aromatic nitrogens is 1. The van der Waals surface area contributed by atoms with Crippen LogP contribution in [-0.4, -0.2) is 28.9 Å². The zero-order chi connectivity index (χ0) is 13.1. The second-order valence-electron chi connectivity index (χ2n) is 4.25. The van der Waals surface area contributed by atoms with Gasteiger partial charge in [0.1, 0.15) is 0 Å². The van der Waals surface area contributed by atoms with E-state index in [1.807, 2.05) is 43.1 Å². The summed E-state index contributed by atoms with van der Waals surface area (Å²) in [6, 6.07) is 5.68. The highest BCUT2D eigenvalue weighted by molar-refractivity contribution is 6.31. The van der Waals surface area contributed by atoms with Gasteiger partial charge in [0.2, 0.25) is 5.91 Å². The molecular weight excluding hydrogens is 248 g/mol. The zero-order valence-electron chi connectivity index (χ0n) is 10.7. The average Bonchev–Trinajstić information content (AvgIpc) is 2.73. The van der Waals surface area contributed by atoms with Gasteiger partial charge in [-0.25, -0.2) is 0 Å². The number of hydrogen-bond acceptors (Lipinski definition) is 1. The largest absolute Gasteiger partial charge is 0.361 e. The lowest BCUT2D eigenvalue weighted by Crippen LogP contribution is -2.31. The number of rotatable bonds is 4. The third-order valence-electron chi connectivity index (χ3n) is 3.19. The quantitative estimate of drug-likeness (QED) is 0.904. The average molecular weight is 265 g/mol. The number of carbonyl (C=O) groups excluding carboxylic acids is 1. The van der Waals surface area contributed by atoms with Crippen molar-refractivity contribution >= 4 is 28.4 Å². The Balaban J connectivity index is 2.26. The molecule has 1 heterocycles. The Morgan fingerprint density at radius 2 is 2.06 bits per heavy atom. The van der Waals surface area contributed by atoms with E-state index in [1.54, 1.807) is 0 Å². The molecule has 0 aliphatic rings. The standard InChI is InChI=1S/C14H17ClN2O/c1-3-17(4-2)14(18)7-10-9-16-13-6-5-11(15)8-12(10)13/h5-6,8-9,16H,3-4,7H2,1-2H3. The van der Waals surface area contributed by atoms with Gasteiger partial charge in [0.05, 0.1) is 6.42 Å². The Labute approximate surface area is 112 Å². The van der Waals surface area contributed by atoms with E-state index in [-0.39, 0.29) is 5.91 Å². The minimum absolute atomic E-state index is 0.154.